The van der Waals surface area contributed by atoms with E-state index >= 15 is 0 Å². The molecule has 4 heterocycles. The molecule has 9 nitrogen and oxygen atoms in total. The number of carbonyl (C=O) groups is 1. The highest BCUT2D eigenvalue weighted by Crippen LogP contribution is 2.28. The van der Waals surface area contributed by atoms with Gasteiger partial charge in [-0.1, -0.05) is 41.4 Å². The third-order valence-corrected chi connectivity index (χ3v) is 6.42. The number of aromatic nitrogens is 5. The van der Waals surface area contributed by atoms with Crippen LogP contribution < -0.4 is 10.9 Å². The molecule has 0 aliphatic heterocycles. The van der Waals surface area contributed by atoms with Crippen molar-refractivity contribution in [1.29, 1.82) is 0 Å². The van der Waals surface area contributed by atoms with Crippen LogP contribution in [-0.4, -0.2) is 30.7 Å². The van der Waals surface area contributed by atoms with E-state index in [0.717, 1.165) is 11.4 Å². The molecule has 4 aromatic heterocycles. The molecule has 1 amide bonds. The van der Waals surface area contributed by atoms with Crippen LogP contribution in [0.3, 0.4) is 0 Å². The van der Waals surface area contributed by atoms with Gasteiger partial charge in [0.2, 0.25) is 10.1 Å². The van der Waals surface area contributed by atoms with Crippen molar-refractivity contribution < 1.29 is 9.21 Å². The number of hydrogen-bond donors (Lipinski definition) is 1. The summed E-state index contributed by atoms with van der Waals surface area (Å²) < 4.78 is 7.01. The first-order valence-electron chi connectivity index (χ1n) is 7.82. The third kappa shape index (κ3) is 3.91. The molecule has 4 rings (SSSR count). The Bertz CT molecular complexity index is 1150. The zero-order chi connectivity index (χ0) is 18.8. The van der Waals surface area contributed by atoms with Crippen LogP contribution >= 0.6 is 34.4 Å². The molecule has 138 valence electrons. The number of carbonyl (C=O) groups excluding carboxylic acids is 1. The van der Waals surface area contributed by atoms with E-state index in [1.165, 1.54) is 51.3 Å². The molecule has 0 aromatic carbocycles. The fourth-order valence-electron chi connectivity index (χ4n) is 2.13. The first-order valence-corrected chi connectivity index (χ1v) is 10.4. The van der Waals surface area contributed by atoms with Crippen LogP contribution in [0, 0.1) is 0 Å². The summed E-state index contributed by atoms with van der Waals surface area (Å²) in [7, 11) is 0. The van der Waals surface area contributed by atoms with Gasteiger partial charge in [0.05, 0.1) is 12.0 Å². The van der Waals surface area contributed by atoms with E-state index in [9.17, 15) is 9.59 Å². The number of nitrogens with one attached hydrogen (secondary N) is 1. The fraction of sp³-hybridized carbons (Fsp3) is 0.200. The molecule has 0 spiro atoms. The van der Waals surface area contributed by atoms with Gasteiger partial charge in [-0.3, -0.25) is 14.9 Å². The monoisotopic (exact) mass is 420 g/mol. The Morgan fingerprint density at radius 1 is 1.37 bits per heavy atom. The lowest BCUT2D eigenvalue weighted by Crippen LogP contribution is -2.15. The Hall–Kier alpha value is -2.57. The van der Waals surface area contributed by atoms with Gasteiger partial charge in [0.25, 0.3) is 11.5 Å². The van der Waals surface area contributed by atoms with E-state index in [0.29, 0.717) is 25.9 Å². The smallest absolute Gasteiger partial charge is 0.293 e. The highest BCUT2D eigenvalue weighted by atomic mass is 32.2. The van der Waals surface area contributed by atoms with Gasteiger partial charge in [0.15, 0.2) is 10.1 Å². The van der Waals surface area contributed by atoms with Crippen LogP contribution in [0.25, 0.3) is 4.96 Å². The lowest BCUT2D eigenvalue weighted by atomic mass is 10.4. The third-order valence-electron chi connectivity index (χ3n) is 3.36. The maximum Gasteiger partial charge on any atom is 0.293 e. The SMILES string of the molecule is CCc1nn2c(=O)cc(CSc3nnc(NC(=O)c4ccco4)s3)nc2s1. The van der Waals surface area contributed by atoms with Crippen LogP contribution in [-0.2, 0) is 12.2 Å². The van der Waals surface area contributed by atoms with Crippen molar-refractivity contribution in [2.24, 2.45) is 0 Å². The predicted octanol–water partition coefficient (Wildman–Crippen LogP) is 2.70. The van der Waals surface area contributed by atoms with Crippen molar-refractivity contribution in [3.63, 3.8) is 0 Å². The minimum atomic E-state index is -0.384. The molecular formula is C15H12N6O3S3. The molecule has 0 bridgehead atoms. The van der Waals surface area contributed by atoms with Crippen molar-refractivity contribution in [1.82, 2.24) is 24.8 Å². The topological polar surface area (TPSA) is 115 Å². The van der Waals surface area contributed by atoms with Crippen molar-refractivity contribution in [3.05, 3.63) is 51.3 Å². The first-order chi connectivity index (χ1) is 13.1. The highest BCUT2D eigenvalue weighted by Gasteiger charge is 2.13. The van der Waals surface area contributed by atoms with Gasteiger partial charge in [-0.2, -0.15) is 9.61 Å². The maximum absolute atomic E-state index is 12.2. The zero-order valence-electron chi connectivity index (χ0n) is 13.9. The number of furan rings is 1. The average Bonchev–Trinajstić information content (AvgIpc) is 3.40. The molecule has 1 N–H and O–H groups in total. The summed E-state index contributed by atoms with van der Waals surface area (Å²) in [6.07, 6.45) is 2.18. The number of aryl methyl sites for hydroxylation is 1. The second-order valence-electron chi connectivity index (χ2n) is 5.22. The largest absolute Gasteiger partial charge is 0.459 e. The van der Waals surface area contributed by atoms with Crippen LogP contribution in [0.1, 0.15) is 28.2 Å². The number of anilines is 1. The van der Waals surface area contributed by atoms with Gasteiger partial charge >= 0.3 is 0 Å². The molecule has 0 radical (unpaired) electrons. The summed E-state index contributed by atoms with van der Waals surface area (Å²) in [4.78, 5) is 29.1. The van der Waals surface area contributed by atoms with Crippen molar-refractivity contribution >= 4 is 50.4 Å². The molecule has 0 aliphatic rings. The molecule has 12 heteroatoms. The van der Waals surface area contributed by atoms with E-state index in [4.69, 9.17) is 4.42 Å². The zero-order valence-corrected chi connectivity index (χ0v) is 16.4. The summed E-state index contributed by atoms with van der Waals surface area (Å²) in [6.45, 7) is 1.98. The summed E-state index contributed by atoms with van der Waals surface area (Å²) in [5.41, 5.74) is 0.447. The van der Waals surface area contributed by atoms with Crippen LogP contribution in [0.4, 0.5) is 5.13 Å². The standard InChI is InChI=1S/C15H12N6O3S3/c1-2-10-20-21-11(22)6-8(16-14(21)26-10)7-25-15-19-18-13(27-15)17-12(23)9-4-3-5-24-9/h3-6H,2,7H2,1H3,(H,17,18,23). The molecule has 0 saturated heterocycles. The Balaban J connectivity index is 1.43. The number of fused-ring (bicyclic) bond motifs is 1. The van der Waals surface area contributed by atoms with Gasteiger partial charge < -0.3 is 4.42 Å². The minimum Gasteiger partial charge on any atom is -0.459 e. The van der Waals surface area contributed by atoms with Crippen molar-refractivity contribution in [2.45, 2.75) is 23.4 Å². The Kier molecular flexibility index (Phi) is 5.01. The molecule has 0 saturated carbocycles. The van der Waals surface area contributed by atoms with Crippen LogP contribution in [0.2, 0.25) is 0 Å². The van der Waals surface area contributed by atoms with Crippen molar-refractivity contribution in [3.8, 4) is 0 Å². The second kappa shape index (κ2) is 7.58. The summed E-state index contributed by atoms with van der Waals surface area (Å²) in [5, 5.41) is 16.1. The Labute approximate surface area is 164 Å². The second-order valence-corrected chi connectivity index (χ2v) is 8.46. The molecule has 0 fully saturated rings. The van der Waals surface area contributed by atoms with Crippen LogP contribution in [0.5, 0.6) is 0 Å². The van der Waals surface area contributed by atoms with E-state index in [-0.39, 0.29) is 17.2 Å². The number of nitrogens with zero attached hydrogens (tertiary/aromatic N) is 5. The lowest BCUT2D eigenvalue weighted by molar-refractivity contribution is 0.0996. The Morgan fingerprint density at radius 2 is 2.26 bits per heavy atom. The van der Waals surface area contributed by atoms with Crippen molar-refractivity contribution in [2.75, 3.05) is 5.32 Å². The number of hydrogen-bond acceptors (Lipinski definition) is 10. The molecule has 0 atom stereocenters. The minimum absolute atomic E-state index is 0.199. The molecule has 0 aliphatic carbocycles. The number of thioether (sulfide) groups is 1. The maximum atomic E-state index is 12.2. The molecular weight excluding hydrogens is 408 g/mol. The summed E-state index contributed by atoms with van der Waals surface area (Å²) >= 11 is 4.04. The summed E-state index contributed by atoms with van der Waals surface area (Å²) in [5.74, 6) is 0.282. The van der Waals surface area contributed by atoms with Gasteiger partial charge in [-0.05, 0) is 18.6 Å². The molecule has 27 heavy (non-hydrogen) atoms. The number of rotatable bonds is 6. The van der Waals surface area contributed by atoms with Gasteiger partial charge in [-0.25, -0.2) is 4.98 Å². The lowest BCUT2D eigenvalue weighted by Gasteiger charge is -1.98. The Morgan fingerprint density at radius 3 is 3.04 bits per heavy atom. The fourth-order valence-corrected chi connectivity index (χ4v) is 4.63. The van der Waals surface area contributed by atoms with E-state index < -0.39 is 0 Å². The van der Waals surface area contributed by atoms with Gasteiger partial charge in [-0.15, -0.1) is 10.2 Å². The average molecular weight is 421 g/mol. The first kappa shape index (κ1) is 17.8. The molecule has 4 aromatic rings. The van der Waals surface area contributed by atoms with E-state index in [1.54, 1.807) is 12.1 Å². The quantitative estimate of drug-likeness (QED) is 0.374. The molecule has 0 unspecified atom stereocenters. The van der Waals surface area contributed by atoms with Gasteiger partial charge in [0, 0.05) is 11.8 Å². The van der Waals surface area contributed by atoms with E-state index in [1.807, 2.05) is 6.92 Å². The van der Waals surface area contributed by atoms with Gasteiger partial charge in [0.1, 0.15) is 5.01 Å². The predicted molar refractivity (Wildman–Crippen MR) is 103 cm³/mol. The number of amides is 1. The highest BCUT2D eigenvalue weighted by molar-refractivity contribution is 8.00. The normalized spacial score (nSPS) is 11.1. The summed E-state index contributed by atoms with van der Waals surface area (Å²) in [6, 6.07) is 4.67. The van der Waals surface area contributed by atoms with Crippen LogP contribution in [0.15, 0.2) is 38.0 Å². The van der Waals surface area contributed by atoms with E-state index in [2.05, 4.69) is 25.6 Å².